The Hall–Kier alpha value is -3.25. The van der Waals surface area contributed by atoms with Gasteiger partial charge in [0.15, 0.2) is 18.1 Å². The molecule has 0 bridgehead atoms. The Kier molecular flexibility index (Phi) is 7.51. The van der Waals surface area contributed by atoms with E-state index in [2.05, 4.69) is 35.5 Å². The van der Waals surface area contributed by atoms with Crippen molar-refractivity contribution < 1.29 is 19.0 Å². The first-order valence-electron chi connectivity index (χ1n) is 9.88. The average Bonchev–Trinajstić information content (AvgIpc) is 2.78. The lowest BCUT2D eigenvalue weighted by Gasteiger charge is -2.20. The number of anilines is 1. The van der Waals surface area contributed by atoms with Crippen LogP contribution in [0.2, 0.25) is 0 Å². The maximum atomic E-state index is 12.2. The summed E-state index contributed by atoms with van der Waals surface area (Å²) in [5.74, 6) is 1.60. The average molecular weight is 408 g/mol. The molecule has 0 aromatic heterocycles. The molecule has 0 spiro atoms. The molecular weight excluding hydrogens is 380 g/mol. The molecule has 0 aliphatic carbocycles. The third kappa shape index (κ3) is 6.12. The van der Waals surface area contributed by atoms with Crippen molar-refractivity contribution in [1.82, 2.24) is 4.90 Å². The summed E-state index contributed by atoms with van der Waals surface area (Å²) in [6.45, 7) is 1.94. The Balaban J connectivity index is 1.57. The molecule has 0 saturated carbocycles. The standard InChI is InChI=1S/C24H28N2O4/c1-26-14-12-18(13-15-26)4-5-19-6-11-22(23(16-19)29-3)30-17-24(27)25-20-7-9-21(28-2)10-8-20/h4-12,16H,13-15,17H2,1-3H3,(H,25,27)/b5-4+. The number of methoxy groups -OCH3 is 2. The van der Waals surface area contributed by atoms with Gasteiger partial charge < -0.3 is 24.4 Å². The SMILES string of the molecule is COc1ccc(NC(=O)COc2ccc(/C=C/C3=CCN(C)CC3)cc2OC)cc1. The molecule has 2 aromatic rings. The molecule has 1 N–H and O–H groups in total. The van der Waals surface area contributed by atoms with Gasteiger partial charge >= 0.3 is 0 Å². The maximum absolute atomic E-state index is 12.2. The zero-order valence-corrected chi connectivity index (χ0v) is 17.7. The predicted molar refractivity (Wildman–Crippen MR) is 119 cm³/mol. The first kappa shape index (κ1) is 21.5. The summed E-state index contributed by atoms with van der Waals surface area (Å²) < 4.78 is 16.2. The van der Waals surface area contributed by atoms with Gasteiger partial charge in [-0.05, 0) is 61.0 Å². The van der Waals surface area contributed by atoms with Gasteiger partial charge in [-0.1, -0.05) is 24.3 Å². The third-order valence-electron chi connectivity index (χ3n) is 4.86. The Morgan fingerprint density at radius 2 is 1.87 bits per heavy atom. The lowest BCUT2D eigenvalue weighted by Crippen LogP contribution is -2.23. The van der Waals surface area contributed by atoms with E-state index in [0.717, 1.165) is 30.8 Å². The Bertz CT molecular complexity index is 919. The van der Waals surface area contributed by atoms with Gasteiger partial charge in [0.1, 0.15) is 5.75 Å². The number of benzene rings is 2. The van der Waals surface area contributed by atoms with Crippen molar-refractivity contribution in [2.45, 2.75) is 6.42 Å². The van der Waals surface area contributed by atoms with E-state index >= 15 is 0 Å². The highest BCUT2D eigenvalue weighted by molar-refractivity contribution is 5.91. The van der Waals surface area contributed by atoms with Crippen molar-refractivity contribution >= 4 is 17.7 Å². The number of hydrogen-bond donors (Lipinski definition) is 1. The topological polar surface area (TPSA) is 60.0 Å². The normalized spacial score (nSPS) is 14.3. The van der Waals surface area contributed by atoms with Crippen LogP contribution >= 0.6 is 0 Å². The van der Waals surface area contributed by atoms with Gasteiger partial charge in [0.25, 0.3) is 5.91 Å². The van der Waals surface area contributed by atoms with E-state index in [0.29, 0.717) is 17.2 Å². The van der Waals surface area contributed by atoms with Crippen LogP contribution in [-0.4, -0.2) is 51.8 Å². The zero-order valence-electron chi connectivity index (χ0n) is 17.7. The summed E-state index contributed by atoms with van der Waals surface area (Å²) in [6, 6.07) is 12.8. The second-order valence-electron chi connectivity index (χ2n) is 7.10. The smallest absolute Gasteiger partial charge is 0.262 e. The van der Waals surface area contributed by atoms with Gasteiger partial charge in [-0.25, -0.2) is 0 Å². The van der Waals surface area contributed by atoms with Crippen LogP contribution in [-0.2, 0) is 4.79 Å². The number of nitrogens with one attached hydrogen (secondary N) is 1. The van der Waals surface area contributed by atoms with E-state index in [1.807, 2.05) is 18.2 Å². The minimum Gasteiger partial charge on any atom is -0.497 e. The summed E-state index contributed by atoms with van der Waals surface area (Å²) >= 11 is 0. The van der Waals surface area contributed by atoms with Gasteiger partial charge in [0, 0.05) is 18.8 Å². The van der Waals surface area contributed by atoms with Crippen molar-refractivity contribution in [3.8, 4) is 17.2 Å². The fourth-order valence-corrected chi connectivity index (χ4v) is 3.06. The molecule has 1 amide bonds. The molecule has 158 valence electrons. The third-order valence-corrected chi connectivity index (χ3v) is 4.86. The summed E-state index contributed by atoms with van der Waals surface area (Å²) in [6.07, 6.45) is 7.51. The number of ether oxygens (including phenoxy) is 3. The highest BCUT2D eigenvalue weighted by Gasteiger charge is 2.09. The van der Waals surface area contributed by atoms with Crippen molar-refractivity contribution in [2.24, 2.45) is 0 Å². The molecule has 2 aromatic carbocycles. The molecule has 1 aliphatic rings. The molecule has 0 atom stereocenters. The van der Waals surface area contributed by atoms with Gasteiger partial charge in [-0.2, -0.15) is 0 Å². The van der Waals surface area contributed by atoms with Crippen LogP contribution in [0.4, 0.5) is 5.69 Å². The van der Waals surface area contributed by atoms with E-state index in [4.69, 9.17) is 14.2 Å². The van der Waals surface area contributed by atoms with Crippen LogP contribution in [0.25, 0.3) is 6.08 Å². The minimum atomic E-state index is -0.250. The summed E-state index contributed by atoms with van der Waals surface area (Å²) in [4.78, 5) is 14.5. The van der Waals surface area contributed by atoms with E-state index < -0.39 is 0 Å². The van der Waals surface area contributed by atoms with Crippen LogP contribution in [0.15, 0.2) is 60.2 Å². The first-order valence-corrected chi connectivity index (χ1v) is 9.88. The maximum Gasteiger partial charge on any atom is 0.262 e. The van der Waals surface area contributed by atoms with Gasteiger partial charge in [0.2, 0.25) is 0 Å². The fraction of sp³-hybridized carbons (Fsp3) is 0.292. The van der Waals surface area contributed by atoms with Crippen molar-refractivity contribution in [2.75, 3.05) is 46.3 Å². The molecule has 6 heteroatoms. The number of hydrogen-bond acceptors (Lipinski definition) is 5. The number of rotatable bonds is 8. The van der Waals surface area contributed by atoms with Crippen molar-refractivity contribution in [1.29, 1.82) is 0 Å². The van der Waals surface area contributed by atoms with Crippen LogP contribution in [0.3, 0.4) is 0 Å². The molecule has 0 saturated heterocycles. The Morgan fingerprint density at radius 1 is 1.07 bits per heavy atom. The molecule has 1 aliphatic heterocycles. The highest BCUT2D eigenvalue weighted by Crippen LogP contribution is 2.29. The highest BCUT2D eigenvalue weighted by atomic mass is 16.5. The summed E-state index contributed by atoms with van der Waals surface area (Å²) in [7, 11) is 5.31. The van der Waals surface area contributed by atoms with E-state index in [1.54, 1.807) is 38.5 Å². The first-order chi connectivity index (χ1) is 14.6. The monoisotopic (exact) mass is 408 g/mol. The predicted octanol–water partition coefficient (Wildman–Crippen LogP) is 4.00. The van der Waals surface area contributed by atoms with E-state index in [-0.39, 0.29) is 12.5 Å². The Morgan fingerprint density at radius 3 is 2.53 bits per heavy atom. The van der Waals surface area contributed by atoms with E-state index in [1.165, 1.54) is 5.57 Å². The molecule has 6 nitrogen and oxygen atoms in total. The molecule has 3 rings (SSSR count). The van der Waals surface area contributed by atoms with Gasteiger partial charge in [-0.15, -0.1) is 0 Å². The van der Waals surface area contributed by atoms with Gasteiger partial charge in [-0.3, -0.25) is 4.79 Å². The number of carbonyl (C=O) groups is 1. The number of nitrogens with zero attached hydrogens (tertiary/aromatic N) is 1. The number of likely N-dealkylation sites (N-methyl/N-ethyl adjacent to an activating group) is 1. The second-order valence-corrected chi connectivity index (χ2v) is 7.10. The molecule has 1 heterocycles. The molecule has 0 fully saturated rings. The summed E-state index contributed by atoms with van der Waals surface area (Å²) in [5, 5.41) is 2.79. The molecule has 0 unspecified atom stereocenters. The fourth-order valence-electron chi connectivity index (χ4n) is 3.06. The van der Waals surface area contributed by atoms with Crippen LogP contribution < -0.4 is 19.5 Å². The van der Waals surface area contributed by atoms with Crippen LogP contribution in [0, 0.1) is 0 Å². The van der Waals surface area contributed by atoms with Gasteiger partial charge in [0.05, 0.1) is 14.2 Å². The molecular formula is C24H28N2O4. The lowest BCUT2D eigenvalue weighted by atomic mass is 10.1. The van der Waals surface area contributed by atoms with Crippen LogP contribution in [0.5, 0.6) is 17.2 Å². The number of carbonyl (C=O) groups excluding carboxylic acids is 1. The Labute approximate surface area is 177 Å². The number of allylic oxidation sites excluding steroid dienone is 1. The van der Waals surface area contributed by atoms with Crippen molar-refractivity contribution in [3.63, 3.8) is 0 Å². The zero-order chi connectivity index (χ0) is 21.3. The van der Waals surface area contributed by atoms with E-state index in [9.17, 15) is 4.79 Å². The lowest BCUT2D eigenvalue weighted by molar-refractivity contribution is -0.118. The van der Waals surface area contributed by atoms with Crippen molar-refractivity contribution in [3.05, 3.63) is 65.8 Å². The number of amides is 1. The second kappa shape index (κ2) is 10.5. The van der Waals surface area contributed by atoms with Crippen LogP contribution in [0.1, 0.15) is 12.0 Å². The largest absolute Gasteiger partial charge is 0.497 e. The minimum absolute atomic E-state index is 0.113. The summed E-state index contributed by atoms with van der Waals surface area (Å²) in [5.41, 5.74) is 3.03. The molecule has 0 radical (unpaired) electrons. The molecule has 30 heavy (non-hydrogen) atoms. The quantitative estimate of drug-likeness (QED) is 0.716.